The predicted molar refractivity (Wildman–Crippen MR) is 135 cm³/mol. The molecule has 0 aromatic heterocycles. The molecule has 6 nitrogen and oxygen atoms in total. The second-order valence-corrected chi connectivity index (χ2v) is 7.39. The molecule has 2 aromatic rings. The van der Waals surface area contributed by atoms with Crippen LogP contribution in [0, 0.1) is 6.92 Å². The lowest BCUT2D eigenvalue weighted by atomic mass is 10.1. The summed E-state index contributed by atoms with van der Waals surface area (Å²) >= 11 is 0. The molecule has 3 rings (SSSR count). The van der Waals surface area contributed by atoms with Crippen LogP contribution in [0.2, 0.25) is 0 Å². The summed E-state index contributed by atoms with van der Waals surface area (Å²) in [4.78, 5) is 18.6. The molecule has 0 bridgehead atoms. The number of carbonyl (C=O) groups excluding carboxylic acids is 1. The highest BCUT2D eigenvalue weighted by Crippen LogP contribution is 2.20. The van der Waals surface area contributed by atoms with Gasteiger partial charge in [-0.2, -0.15) is 0 Å². The summed E-state index contributed by atoms with van der Waals surface area (Å²) in [6, 6.07) is 16.7. The maximum absolute atomic E-state index is 11.8. The topological polar surface area (TPSA) is 68.8 Å². The molecule has 3 N–H and O–H groups in total. The minimum absolute atomic E-state index is 0. The molecule has 1 aliphatic rings. The lowest BCUT2D eigenvalue weighted by molar-refractivity contribution is 0.0956. The van der Waals surface area contributed by atoms with Crippen molar-refractivity contribution >= 4 is 41.5 Å². The maximum atomic E-state index is 11.8. The van der Waals surface area contributed by atoms with Crippen molar-refractivity contribution < 1.29 is 4.79 Å². The summed E-state index contributed by atoms with van der Waals surface area (Å²) in [5.74, 6) is 0.761. The van der Waals surface area contributed by atoms with E-state index in [1.54, 1.807) is 7.05 Å². The van der Waals surface area contributed by atoms with Crippen molar-refractivity contribution in [1.29, 1.82) is 0 Å². The van der Waals surface area contributed by atoms with Crippen molar-refractivity contribution in [2.24, 2.45) is 4.99 Å². The van der Waals surface area contributed by atoms with Crippen molar-refractivity contribution in [3.8, 4) is 0 Å². The quantitative estimate of drug-likeness (QED) is 0.310. The van der Waals surface area contributed by atoms with E-state index in [1.807, 2.05) is 31.2 Å². The third-order valence-corrected chi connectivity index (χ3v) is 5.17. The van der Waals surface area contributed by atoms with Crippen LogP contribution in [0.1, 0.15) is 34.8 Å². The zero-order valence-electron chi connectivity index (χ0n) is 17.9. The van der Waals surface area contributed by atoms with Gasteiger partial charge in [-0.15, -0.1) is 24.0 Å². The second-order valence-electron chi connectivity index (χ2n) is 7.39. The molecule has 0 saturated carbocycles. The lowest BCUT2D eigenvalue weighted by Crippen LogP contribution is -2.44. The number of hydrogen-bond acceptors (Lipinski definition) is 3. The highest BCUT2D eigenvalue weighted by molar-refractivity contribution is 14.0. The number of nitrogens with zero attached hydrogens (tertiary/aromatic N) is 2. The van der Waals surface area contributed by atoms with E-state index in [4.69, 9.17) is 0 Å². The van der Waals surface area contributed by atoms with Crippen molar-refractivity contribution in [2.45, 2.75) is 32.9 Å². The minimum Gasteiger partial charge on any atom is -0.369 e. The molecule has 1 aliphatic heterocycles. The number of aryl methyl sites for hydroxylation is 1. The normalized spacial score (nSPS) is 16.0. The standard InChI is InChI=1S/C23H31N5O.HI/c1-4-25-22(29)19-9-7-18(8-10-19)15-26-23(24-3)27-20-13-14-28(16-20)21-11-5-17(2)6-12-21;/h5-12,20H,4,13-16H2,1-3H3,(H,25,29)(H2,24,26,27);1H. The number of hydrogen-bond donors (Lipinski definition) is 3. The van der Waals surface area contributed by atoms with Gasteiger partial charge in [-0.3, -0.25) is 9.79 Å². The van der Waals surface area contributed by atoms with Crippen LogP contribution in [0.15, 0.2) is 53.5 Å². The Morgan fingerprint density at radius 2 is 1.80 bits per heavy atom. The van der Waals surface area contributed by atoms with Crippen LogP contribution in [0.5, 0.6) is 0 Å². The third kappa shape index (κ3) is 6.62. The molecule has 30 heavy (non-hydrogen) atoms. The maximum Gasteiger partial charge on any atom is 0.251 e. The number of halogens is 1. The molecular weight excluding hydrogens is 489 g/mol. The first-order valence-corrected chi connectivity index (χ1v) is 10.2. The second kappa shape index (κ2) is 11.8. The van der Waals surface area contributed by atoms with Gasteiger partial charge in [0.2, 0.25) is 0 Å². The van der Waals surface area contributed by atoms with Gasteiger partial charge in [0.05, 0.1) is 0 Å². The first kappa shape index (κ1) is 24.0. The zero-order chi connectivity index (χ0) is 20.6. The Hall–Kier alpha value is -2.29. The number of benzene rings is 2. The summed E-state index contributed by atoms with van der Waals surface area (Å²) < 4.78 is 0. The van der Waals surface area contributed by atoms with Crippen molar-refractivity contribution in [1.82, 2.24) is 16.0 Å². The van der Waals surface area contributed by atoms with Gasteiger partial charge < -0.3 is 20.9 Å². The highest BCUT2D eigenvalue weighted by Gasteiger charge is 2.23. The fourth-order valence-electron chi connectivity index (χ4n) is 3.48. The van der Waals surface area contributed by atoms with Crippen molar-refractivity contribution in [3.63, 3.8) is 0 Å². The Balaban J connectivity index is 0.00000320. The van der Waals surface area contributed by atoms with Gasteiger partial charge in [0, 0.05) is 50.5 Å². The van der Waals surface area contributed by atoms with E-state index in [-0.39, 0.29) is 29.9 Å². The van der Waals surface area contributed by atoms with Crippen LogP contribution in [-0.4, -0.2) is 44.6 Å². The van der Waals surface area contributed by atoms with Crippen LogP contribution in [0.25, 0.3) is 0 Å². The number of nitrogens with one attached hydrogen (secondary N) is 3. The third-order valence-electron chi connectivity index (χ3n) is 5.17. The molecule has 0 spiro atoms. The summed E-state index contributed by atoms with van der Waals surface area (Å²) in [6.45, 7) is 7.32. The number of amides is 1. The molecule has 1 heterocycles. The van der Waals surface area contributed by atoms with E-state index < -0.39 is 0 Å². The number of rotatable bonds is 6. The van der Waals surface area contributed by atoms with Crippen LogP contribution >= 0.6 is 24.0 Å². The fourth-order valence-corrected chi connectivity index (χ4v) is 3.48. The van der Waals surface area contributed by atoms with Gasteiger partial charge in [-0.25, -0.2) is 0 Å². The van der Waals surface area contributed by atoms with Crippen LogP contribution in [0.4, 0.5) is 5.69 Å². The minimum atomic E-state index is -0.0381. The molecule has 162 valence electrons. The van der Waals surface area contributed by atoms with Crippen LogP contribution in [-0.2, 0) is 6.54 Å². The predicted octanol–water partition coefficient (Wildman–Crippen LogP) is 3.31. The molecule has 7 heteroatoms. The van der Waals surface area contributed by atoms with E-state index >= 15 is 0 Å². The first-order valence-electron chi connectivity index (χ1n) is 10.2. The molecule has 0 aliphatic carbocycles. The summed E-state index contributed by atoms with van der Waals surface area (Å²) in [7, 11) is 1.79. The molecule has 1 unspecified atom stereocenters. The van der Waals surface area contributed by atoms with Gasteiger partial charge in [-0.1, -0.05) is 29.8 Å². The average molecular weight is 521 g/mol. The molecule has 1 amide bonds. The Kier molecular flexibility index (Phi) is 9.42. The molecule has 1 fully saturated rings. The number of anilines is 1. The molecule has 1 saturated heterocycles. The van der Waals surface area contributed by atoms with Gasteiger partial charge in [0.15, 0.2) is 5.96 Å². The monoisotopic (exact) mass is 521 g/mol. The van der Waals surface area contributed by atoms with E-state index in [1.165, 1.54) is 11.3 Å². The Bertz CT molecular complexity index is 836. The Morgan fingerprint density at radius 1 is 1.10 bits per heavy atom. The molecular formula is C23H32IN5O. The van der Waals surface area contributed by atoms with Crippen molar-refractivity contribution in [2.75, 3.05) is 31.6 Å². The average Bonchev–Trinajstić information content (AvgIpc) is 3.20. The van der Waals surface area contributed by atoms with Crippen LogP contribution < -0.4 is 20.9 Å². The molecule has 0 radical (unpaired) electrons. The summed E-state index contributed by atoms with van der Waals surface area (Å²) in [6.07, 6.45) is 1.08. The van der Waals surface area contributed by atoms with Crippen LogP contribution in [0.3, 0.4) is 0 Å². The Morgan fingerprint density at radius 3 is 2.43 bits per heavy atom. The lowest BCUT2D eigenvalue weighted by Gasteiger charge is -2.20. The van der Waals surface area contributed by atoms with E-state index in [9.17, 15) is 4.79 Å². The number of carbonyl (C=O) groups is 1. The largest absolute Gasteiger partial charge is 0.369 e. The van der Waals surface area contributed by atoms with E-state index in [2.05, 4.69) is 57.0 Å². The van der Waals surface area contributed by atoms with Gasteiger partial charge in [-0.05, 0) is 50.1 Å². The SMILES string of the molecule is CCNC(=O)c1ccc(CNC(=NC)NC2CCN(c3ccc(C)cc3)C2)cc1.I. The highest BCUT2D eigenvalue weighted by atomic mass is 127. The van der Waals surface area contributed by atoms with Gasteiger partial charge in [0.25, 0.3) is 5.91 Å². The fraction of sp³-hybridized carbons (Fsp3) is 0.391. The van der Waals surface area contributed by atoms with Gasteiger partial charge >= 0.3 is 0 Å². The number of guanidine groups is 1. The molecule has 1 atom stereocenters. The van der Waals surface area contributed by atoms with E-state index in [0.29, 0.717) is 24.7 Å². The smallest absolute Gasteiger partial charge is 0.251 e. The summed E-state index contributed by atoms with van der Waals surface area (Å²) in [5, 5.41) is 9.71. The summed E-state index contributed by atoms with van der Waals surface area (Å²) in [5.41, 5.74) is 4.34. The number of aliphatic imine (C=N–C) groups is 1. The van der Waals surface area contributed by atoms with Gasteiger partial charge in [0.1, 0.15) is 0 Å². The zero-order valence-corrected chi connectivity index (χ0v) is 20.3. The van der Waals surface area contributed by atoms with Crippen molar-refractivity contribution in [3.05, 3.63) is 65.2 Å². The first-order chi connectivity index (χ1) is 14.1. The molecule has 2 aromatic carbocycles. The van der Waals surface area contributed by atoms with E-state index in [0.717, 1.165) is 31.0 Å². The Labute approximate surface area is 196 Å².